The number of pyridine rings is 2. The first-order valence-corrected chi connectivity index (χ1v) is 6.87. The molecule has 0 saturated heterocycles. The molecule has 0 bridgehead atoms. The maximum Gasteiger partial charge on any atom is 0.258 e. The van der Waals surface area contributed by atoms with Crippen molar-refractivity contribution < 1.29 is 4.79 Å². The van der Waals surface area contributed by atoms with Gasteiger partial charge in [-0.1, -0.05) is 23.2 Å². The predicted octanol–water partition coefficient (Wildman–Crippen LogP) is 4.19. The SMILES string of the molecule is O=C(Nc1ccc(Cl)c2cccnc12)c1cccnc1Cl. The van der Waals surface area contributed by atoms with Gasteiger partial charge in [-0.3, -0.25) is 9.78 Å². The van der Waals surface area contributed by atoms with Gasteiger partial charge in [0.1, 0.15) is 5.15 Å². The van der Waals surface area contributed by atoms with Gasteiger partial charge in [0.15, 0.2) is 0 Å². The van der Waals surface area contributed by atoms with E-state index in [-0.39, 0.29) is 11.1 Å². The molecule has 3 rings (SSSR count). The van der Waals surface area contributed by atoms with Crippen molar-refractivity contribution in [2.75, 3.05) is 5.32 Å². The van der Waals surface area contributed by atoms with Gasteiger partial charge in [-0.15, -0.1) is 0 Å². The molecule has 6 heteroatoms. The van der Waals surface area contributed by atoms with Crippen LogP contribution in [0.3, 0.4) is 0 Å². The summed E-state index contributed by atoms with van der Waals surface area (Å²) in [5.41, 5.74) is 1.50. The largest absolute Gasteiger partial charge is 0.320 e. The average Bonchev–Trinajstić information content (AvgIpc) is 2.51. The van der Waals surface area contributed by atoms with Crippen LogP contribution in [-0.2, 0) is 0 Å². The minimum Gasteiger partial charge on any atom is -0.320 e. The van der Waals surface area contributed by atoms with Crippen LogP contribution in [0.1, 0.15) is 10.4 Å². The Morgan fingerprint density at radius 2 is 1.76 bits per heavy atom. The molecule has 104 valence electrons. The van der Waals surface area contributed by atoms with Crippen LogP contribution >= 0.6 is 23.2 Å². The number of anilines is 1. The molecule has 0 fully saturated rings. The molecule has 1 amide bonds. The summed E-state index contributed by atoms with van der Waals surface area (Å²) in [6.07, 6.45) is 3.17. The molecule has 0 aliphatic heterocycles. The zero-order valence-corrected chi connectivity index (χ0v) is 12.2. The summed E-state index contributed by atoms with van der Waals surface area (Å²) in [7, 11) is 0. The number of nitrogens with zero attached hydrogens (tertiary/aromatic N) is 2. The summed E-state index contributed by atoms with van der Waals surface area (Å²) in [5.74, 6) is -0.345. The molecule has 0 unspecified atom stereocenters. The number of hydrogen-bond acceptors (Lipinski definition) is 3. The van der Waals surface area contributed by atoms with E-state index >= 15 is 0 Å². The highest BCUT2D eigenvalue weighted by molar-refractivity contribution is 6.36. The standard InChI is InChI=1S/C15H9Cl2N3O/c16-11-5-6-12(13-9(11)3-1-7-18-13)20-15(21)10-4-2-8-19-14(10)17/h1-8H,(H,20,21). The number of fused-ring (bicyclic) bond motifs is 1. The first-order valence-electron chi connectivity index (χ1n) is 6.12. The number of hydrogen-bond donors (Lipinski definition) is 1. The summed E-state index contributed by atoms with van der Waals surface area (Å²) in [4.78, 5) is 20.4. The van der Waals surface area contributed by atoms with Crippen LogP contribution in [0.15, 0.2) is 48.8 Å². The summed E-state index contributed by atoms with van der Waals surface area (Å²) in [6, 6.07) is 10.3. The van der Waals surface area contributed by atoms with Gasteiger partial charge in [0.05, 0.1) is 21.8 Å². The van der Waals surface area contributed by atoms with Gasteiger partial charge in [0.2, 0.25) is 0 Å². The molecule has 3 aromatic rings. The molecule has 21 heavy (non-hydrogen) atoms. The Morgan fingerprint density at radius 1 is 1.00 bits per heavy atom. The molecule has 0 spiro atoms. The lowest BCUT2D eigenvalue weighted by Gasteiger charge is -2.09. The topological polar surface area (TPSA) is 54.9 Å². The van der Waals surface area contributed by atoms with Crippen molar-refractivity contribution in [1.82, 2.24) is 9.97 Å². The van der Waals surface area contributed by atoms with Crippen LogP contribution in [0.5, 0.6) is 0 Å². The van der Waals surface area contributed by atoms with Crippen LogP contribution in [0, 0.1) is 0 Å². The molecule has 0 radical (unpaired) electrons. The highest BCUT2D eigenvalue weighted by atomic mass is 35.5. The van der Waals surface area contributed by atoms with Crippen molar-refractivity contribution in [2.45, 2.75) is 0 Å². The van der Waals surface area contributed by atoms with Crippen LogP contribution in [0.25, 0.3) is 10.9 Å². The number of aromatic nitrogens is 2. The Bertz CT molecular complexity index is 836. The average molecular weight is 318 g/mol. The third kappa shape index (κ3) is 2.68. The van der Waals surface area contributed by atoms with E-state index in [4.69, 9.17) is 23.2 Å². The maximum absolute atomic E-state index is 12.3. The van der Waals surface area contributed by atoms with Crippen LogP contribution < -0.4 is 5.32 Å². The van der Waals surface area contributed by atoms with Gasteiger partial charge >= 0.3 is 0 Å². The minimum atomic E-state index is -0.345. The predicted molar refractivity (Wildman–Crippen MR) is 84.0 cm³/mol. The van der Waals surface area contributed by atoms with Crippen molar-refractivity contribution in [1.29, 1.82) is 0 Å². The maximum atomic E-state index is 12.3. The van der Waals surface area contributed by atoms with Gasteiger partial charge in [-0.05, 0) is 36.4 Å². The second-order valence-corrected chi connectivity index (χ2v) is 5.06. The third-order valence-electron chi connectivity index (χ3n) is 2.97. The first kappa shape index (κ1) is 13.8. The van der Waals surface area contributed by atoms with Gasteiger partial charge < -0.3 is 5.32 Å². The van der Waals surface area contributed by atoms with Crippen LogP contribution in [0.2, 0.25) is 10.2 Å². The molecule has 4 nitrogen and oxygen atoms in total. The number of carbonyl (C=O) groups is 1. The fourth-order valence-electron chi connectivity index (χ4n) is 1.98. The van der Waals surface area contributed by atoms with E-state index < -0.39 is 0 Å². The van der Waals surface area contributed by atoms with Gasteiger partial charge in [-0.25, -0.2) is 4.98 Å². The molecule has 1 aromatic carbocycles. The number of halogens is 2. The third-order valence-corrected chi connectivity index (χ3v) is 3.60. The molecule has 2 heterocycles. The number of nitrogens with one attached hydrogen (secondary N) is 1. The van der Waals surface area contributed by atoms with E-state index in [1.54, 1.807) is 36.5 Å². The normalized spacial score (nSPS) is 10.6. The highest BCUT2D eigenvalue weighted by Crippen LogP contribution is 2.28. The van der Waals surface area contributed by atoms with Crippen LogP contribution in [0.4, 0.5) is 5.69 Å². The first-order chi connectivity index (χ1) is 10.2. The highest BCUT2D eigenvalue weighted by Gasteiger charge is 2.13. The number of amides is 1. The van der Waals surface area contributed by atoms with E-state index in [1.807, 2.05) is 6.07 Å². The molecule has 2 aromatic heterocycles. The molecule has 0 aliphatic carbocycles. The van der Waals surface area contributed by atoms with Crippen molar-refractivity contribution in [3.8, 4) is 0 Å². The molecule has 0 atom stereocenters. The molecular formula is C15H9Cl2N3O. The minimum absolute atomic E-state index is 0.154. The van der Waals surface area contributed by atoms with Crippen molar-refractivity contribution in [3.63, 3.8) is 0 Å². The van der Waals surface area contributed by atoms with Gasteiger partial charge in [-0.2, -0.15) is 0 Å². The molecular weight excluding hydrogens is 309 g/mol. The number of rotatable bonds is 2. The van der Waals surface area contributed by atoms with Crippen molar-refractivity contribution >= 4 is 45.7 Å². The molecule has 0 saturated carbocycles. The number of carbonyl (C=O) groups excluding carboxylic acids is 1. The quantitative estimate of drug-likeness (QED) is 0.721. The lowest BCUT2D eigenvalue weighted by atomic mass is 10.2. The second-order valence-electron chi connectivity index (χ2n) is 4.29. The van der Waals surface area contributed by atoms with E-state index in [2.05, 4.69) is 15.3 Å². The summed E-state index contributed by atoms with van der Waals surface area (Å²) < 4.78 is 0. The van der Waals surface area contributed by atoms with E-state index in [0.29, 0.717) is 21.8 Å². The Morgan fingerprint density at radius 3 is 2.57 bits per heavy atom. The number of benzene rings is 1. The van der Waals surface area contributed by atoms with E-state index in [1.165, 1.54) is 6.20 Å². The van der Waals surface area contributed by atoms with E-state index in [9.17, 15) is 4.79 Å². The smallest absolute Gasteiger partial charge is 0.258 e. The van der Waals surface area contributed by atoms with Gasteiger partial charge in [0, 0.05) is 17.8 Å². The Labute approximate surface area is 130 Å². The van der Waals surface area contributed by atoms with Crippen molar-refractivity contribution in [3.05, 3.63) is 64.5 Å². The molecule has 1 N–H and O–H groups in total. The second kappa shape index (κ2) is 5.68. The fraction of sp³-hybridized carbons (Fsp3) is 0. The zero-order valence-electron chi connectivity index (χ0n) is 10.7. The zero-order chi connectivity index (χ0) is 14.8. The Balaban J connectivity index is 2.01. The summed E-state index contributed by atoms with van der Waals surface area (Å²) in [6.45, 7) is 0. The Hall–Kier alpha value is -2.17. The van der Waals surface area contributed by atoms with Gasteiger partial charge in [0.25, 0.3) is 5.91 Å². The lowest BCUT2D eigenvalue weighted by molar-refractivity contribution is 0.102. The molecule has 0 aliphatic rings. The lowest BCUT2D eigenvalue weighted by Crippen LogP contribution is -2.13. The summed E-state index contributed by atoms with van der Waals surface area (Å²) >= 11 is 12.0. The monoisotopic (exact) mass is 317 g/mol. The summed E-state index contributed by atoms with van der Waals surface area (Å²) in [5, 5.41) is 4.29. The van der Waals surface area contributed by atoms with E-state index in [0.717, 1.165) is 5.39 Å². The van der Waals surface area contributed by atoms with Crippen molar-refractivity contribution in [2.24, 2.45) is 0 Å². The Kier molecular flexibility index (Phi) is 3.73. The van der Waals surface area contributed by atoms with Crippen LogP contribution in [-0.4, -0.2) is 15.9 Å². The fourth-order valence-corrected chi connectivity index (χ4v) is 2.40.